The van der Waals surface area contributed by atoms with E-state index in [4.69, 9.17) is 33.1 Å². The van der Waals surface area contributed by atoms with E-state index < -0.39 is 88.4 Å². The number of nitrogens with zero attached hydrogens (tertiary/aromatic N) is 14. The number of hydrogen-bond acceptors (Lipinski definition) is 23. The first-order valence-electron chi connectivity index (χ1n) is 38.9. The minimum absolute atomic E-state index is 0.0115. The predicted molar refractivity (Wildman–Crippen MR) is 413 cm³/mol. The molecule has 5 aromatic rings. The number of quaternary nitrogens is 2. The van der Waals surface area contributed by atoms with Crippen molar-refractivity contribution in [2.75, 3.05) is 60.2 Å². The monoisotopic (exact) mass is 1600 g/mol. The van der Waals surface area contributed by atoms with Crippen LogP contribution in [0.2, 0.25) is 0 Å². The average Bonchev–Trinajstić information content (AvgIpc) is 1.63. The number of alkyl halides is 3. The summed E-state index contributed by atoms with van der Waals surface area (Å²) >= 11 is 0. The van der Waals surface area contributed by atoms with Crippen molar-refractivity contribution in [3.63, 3.8) is 0 Å². The SMILES string of the molecule is Cc1cc(C(C(=O)N2CC(O)CC2C2=NCS(=O)(=O)N2)C(C)C)on1.Cc1cc([C@@H](C(=O)N2C[C@H](O)C[C@H]2C2=N[N+](C)(C)C(C)(C)C2)C(C)C)on1.Cc1cc([C@H](C(=O)N2C[C@H](O)C[C@@H]2C2=N[N+](C)(C)C(C)(C)C2)C(C)C)on1.Cc1ccc([C@@]2(C(F)(F)F)CC([C@@H]3C[C@@H](O)CN3C(=O)[C@@H](c3cc(C)no3)C(C)C)=NO2)cc1. The van der Waals surface area contributed by atoms with Crippen LogP contribution in [0.3, 0.4) is 0 Å². The van der Waals surface area contributed by atoms with Crippen molar-refractivity contribution in [1.29, 1.82) is 0 Å². The molecule has 0 spiro atoms. The number of amidine groups is 1. The number of aliphatic imine (C=N–C) groups is 1. The van der Waals surface area contributed by atoms with E-state index in [-0.39, 0.29) is 119 Å². The van der Waals surface area contributed by atoms with Gasteiger partial charge in [-0.05, 0) is 86.0 Å². The number of β-amino-alcohol motifs (C(OH)–C–C–N with tert-alkyl or cyclic N) is 4. The molecule has 4 amide bonds. The van der Waals surface area contributed by atoms with E-state index in [1.165, 1.54) is 21.9 Å². The Balaban J connectivity index is 0.000000161. The number of aryl methyl sites for hydroxylation is 5. The zero-order valence-corrected chi connectivity index (χ0v) is 69.7. The van der Waals surface area contributed by atoms with Crippen molar-refractivity contribution in [2.45, 2.75) is 258 Å². The highest BCUT2D eigenvalue weighted by Gasteiger charge is 2.64. The van der Waals surface area contributed by atoms with Crippen LogP contribution in [-0.2, 0) is 39.6 Å². The molecule has 0 aliphatic carbocycles. The van der Waals surface area contributed by atoms with Gasteiger partial charge in [-0.15, -0.1) is 0 Å². The summed E-state index contributed by atoms with van der Waals surface area (Å²) in [7, 11) is 4.84. The molecule has 5 N–H and O–H groups in total. The number of rotatable bonds is 17. The van der Waals surface area contributed by atoms with Gasteiger partial charge < -0.3 is 63.0 Å². The van der Waals surface area contributed by atoms with E-state index in [1.807, 2.05) is 91.2 Å². The summed E-state index contributed by atoms with van der Waals surface area (Å²) in [5, 5.41) is 70.4. The largest absolute Gasteiger partial charge is 0.435 e. The van der Waals surface area contributed by atoms with Gasteiger partial charge in [-0.25, -0.2) is 8.42 Å². The second-order valence-corrected chi connectivity index (χ2v) is 37.0. The summed E-state index contributed by atoms with van der Waals surface area (Å²) in [5.74, 6) is -0.878. The number of aliphatic hydroxyl groups is 4. The Bertz CT molecular complexity index is 4370. The fraction of sp³-hybridized carbons (Fsp3) is 0.671. The molecule has 30 nitrogen and oxygen atoms in total. The number of sulfonamides is 1. The summed E-state index contributed by atoms with van der Waals surface area (Å²) in [6, 6.07) is 11.3. The maximum absolute atomic E-state index is 14.3. The van der Waals surface area contributed by atoms with Crippen LogP contribution in [0.1, 0.15) is 209 Å². The molecule has 34 heteroatoms. The average molecular weight is 1600 g/mol. The first-order valence-corrected chi connectivity index (χ1v) is 40.6. The van der Waals surface area contributed by atoms with Crippen molar-refractivity contribution in [2.24, 2.45) is 44.0 Å². The minimum atomic E-state index is -4.74. The minimum Gasteiger partial charge on any atom is -0.391 e. The van der Waals surface area contributed by atoms with Crippen LogP contribution in [0.15, 0.2) is 87.0 Å². The van der Waals surface area contributed by atoms with Crippen LogP contribution in [-0.4, -0.2) is 251 Å². The van der Waals surface area contributed by atoms with Crippen molar-refractivity contribution in [1.82, 2.24) is 44.9 Å². The third kappa shape index (κ3) is 18.5. The van der Waals surface area contributed by atoms with Crippen LogP contribution >= 0.6 is 0 Å². The second kappa shape index (κ2) is 33.1. The number of nitrogens with one attached hydrogen (secondary N) is 1. The molecule has 4 fully saturated rings. The molecule has 0 saturated carbocycles. The zero-order chi connectivity index (χ0) is 83.5. The van der Waals surface area contributed by atoms with E-state index in [2.05, 4.69) is 91.4 Å². The van der Waals surface area contributed by atoms with Gasteiger partial charge in [0.05, 0.1) is 118 Å². The highest BCUT2D eigenvalue weighted by molar-refractivity contribution is 7.90. The van der Waals surface area contributed by atoms with E-state index >= 15 is 0 Å². The Kier molecular flexibility index (Phi) is 25.5. The molecule has 4 aromatic heterocycles. The van der Waals surface area contributed by atoms with Crippen LogP contribution in [0.4, 0.5) is 13.2 Å². The van der Waals surface area contributed by atoms with E-state index in [1.54, 1.807) is 45.0 Å². The van der Waals surface area contributed by atoms with Gasteiger partial charge >= 0.3 is 6.18 Å². The van der Waals surface area contributed by atoms with Gasteiger partial charge in [-0.1, -0.05) is 121 Å². The number of aliphatic hydroxyl groups excluding tert-OH is 4. The first-order chi connectivity index (χ1) is 52.5. The molecule has 13 rings (SSSR count). The van der Waals surface area contributed by atoms with Crippen LogP contribution < -0.4 is 4.72 Å². The molecule has 113 heavy (non-hydrogen) atoms. The Labute approximate surface area is 659 Å². The summed E-state index contributed by atoms with van der Waals surface area (Å²) in [4.78, 5) is 69.4. The number of carbonyl (C=O) groups excluding carboxylic acids is 4. The Morgan fingerprint density at radius 2 is 0.796 bits per heavy atom. The molecule has 622 valence electrons. The molecule has 8 aliphatic heterocycles. The molecule has 3 unspecified atom stereocenters. The van der Waals surface area contributed by atoms with Gasteiger partial charge in [0, 0.05) is 88.1 Å². The van der Waals surface area contributed by atoms with Crippen molar-refractivity contribution >= 4 is 56.6 Å². The fourth-order valence-corrected chi connectivity index (χ4v) is 17.2. The lowest BCUT2D eigenvalue weighted by molar-refractivity contribution is -0.937. The number of hydrogen-bond donors (Lipinski definition) is 5. The number of benzene rings is 1. The van der Waals surface area contributed by atoms with Gasteiger partial charge in [-0.2, -0.15) is 22.4 Å². The van der Waals surface area contributed by atoms with Crippen LogP contribution in [0.25, 0.3) is 0 Å². The lowest BCUT2D eigenvalue weighted by atomic mass is 9.85. The molecule has 0 radical (unpaired) electrons. The van der Waals surface area contributed by atoms with E-state index in [0.29, 0.717) is 69.5 Å². The molecule has 4 saturated heterocycles. The number of carbonyl (C=O) groups is 4. The standard InChI is InChI=1S/C24H28F3N3O4.2C20H33N4O3.C15H22N4O5S/c1-13(2)21(20-9-15(4)28-33-20)22(32)30-12-17(31)10-19(30)18-11-23(34-29-18,24(25,26)27)16-7-5-14(3)6-8-16;2*1-12(2)18(17-8-13(3)22-27-17)19(26)23-11-14(25)9-16(23)15-10-20(4,5)24(6,7)21-15;1-8(2)13(12-4-9(3)17-24-12)15(21)19-6-10(20)5-11(19)14-16-7-25(22,23)18-14/h5-9,13,17,19,21,31H,10-12H2,1-4H3;2*8,12,14,16,18,25H,9-11H2,1-7H3;4,8,10-11,13,20H,5-7H2,1-3H3,(H,16,18)/q;2*+1;/t17-,19+,21-,23-;14-,16+,18+;14-,16-,18-;/m111./s1. The summed E-state index contributed by atoms with van der Waals surface area (Å²) < 4.78 is 91.1. The van der Waals surface area contributed by atoms with E-state index in [0.717, 1.165) is 41.2 Å². The molecule has 8 aliphatic rings. The smallest absolute Gasteiger partial charge is 0.391 e. The highest BCUT2D eigenvalue weighted by Crippen LogP contribution is 2.50. The molecule has 0 bridgehead atoms. The maximum atomic E-state index is 14.3. The quantitative estimate of drug-likeness (QED) is 0.0543. The summed E-state index contributed by atoms with van der Waals surface area (Å²) in [5.41, 5.74) is 2.98. The predicted octanol–water partition coefficient (Wildman–Crippen LogP) is 8.80. The van der Waals surface area contributed by atoms with Crippen molar-refractivity contribution < 1.29 is 93.3 Å². The van der Waals surface area contributed by atoms with Gasteiger partial charge in [0.1, 0.15) is 75.0 Å². The number of oxime groups is 1. The third-order valence-electron chi connectivity index (χ3n) is 23.6. The van der Waals surface area contributed by atoms with Crippen molar-refractivity contribution in [3.8, 4) is 0 Å². The molecular weight excluding hydrogens is 1490 g/mol. The number of halogens is 3. The lowest BCUT2D eigenvalue weighted by Crippen LogP contribution is -2.48. The third-order valence-corrected chi connectivity index (χ3v) is 24.6. The lowest BCUT2D eigenvalue weighted by Gasteiger charge is -2.33. The summed E-state index contributed by atoms with van der Waals surface area (Å²) in [6.45, 7) is 34.1. The zero-order valence-electron chi connectivity index (χ0n) is 68.9. The summed E-state index contributed by atoms with van der Waals surface area (Å²) in [6.07, 6.45) is -4.93. The fourth-order valence-electron chi connectivity index (χ4n) is 16.3. The molecule has 12 heterocycles. The van der Waals surface area contributed by atoms with Crippen LogP contribution in [0.5, 0.6) is 0 Å². The normalized spacial score (nSPS) is 27.0. The van der Waals surface area contributed by atoms with Gasteiger partial charge in [0.15, 0.2) is 5.88 Å². The Morgan fingerprint density at radius 3 is 1.05 bits per heavy atom. The molecule has 1 aromatic carbocycles. The number of aromatic nitrogens is 4. The second-order valence-electron chi connectivity index (χ2n) is 35.3. The number of amides is 4. The molecule has 13 atom stereocenters. The Hall–Kier alpha value is -8.28. The molecular formula is C79H116F3N15O15S+2. The van der Waals surface area contributed by atoms with Gasteiger partial charge in [0.25, 0.3) is 15.6 Å². The van der Waals surface area contributed by atoms with Gasteiger partial charge in [-0.3, -0.25) is 28.9 Å². The van der Waals surface area contributed by atoms with Gasteiger partial charge in [0.2, 0.25) is 23.6 Å². The van der Waals surface area contributed by atoms with Crippen molar-refractivity contribution in [3.05, 3.63) is 105 Å². The number of likely N-dealkylation sites (tertiary alicyclic amines) is 4. The highest BCUT2D eigenvalue weighted by atomic mass is 32.2. The Morgan fingerprint density at radius 1 is 0.496 bits per heavy atom. The topological polar surface area (TPSA) is 371 Å². The van der Waals surface area contributed by atoms with Crippen LogP contribution in [0, 0.1) is 58.3 Å². The first kappa shape index (κ1) is 87.1. The van der Waals surface area contributed by atoms with E-state index in [9.17, 15) is 61.2 Å². The maximum Gasteiger partial charge on any atom is 0.435 e.